The largest absolute Gasteiger partial charge is 0.374 e. The lowest BCUT2D eigenvalue weighted by Gasteiger charge is -2.39. The van der Waals surface area contributed by atoms with Crippen LogP contribution in [0.3, 0.4) is 0 Å². The quantitative estimate of drug-likeness (QED) is 0.757. The lowest BCUT2D eigenvalue weighted by atomic mass is 10.1. The number of hydrogen-bond acceptors (Lipinski definition) is 4. The Morgan fingerprint density at radius 3 is 3.22 bits per heavy atom. The maximum absolute atomic E-state index is 9.32. The molecule has 0 aromatic carbocycles. The summed E-state index contributed by atoms with van der Waals surface area (Å²) in [7, 11) is 0. The van der Waals surface area contributed by atoms with E-state index in [0.29, 0.717) is 17.7 Å². The third kappa shape index (κ3) is 1.75. The van der Waals surface area contributed by atoms with Crippen molar-refractivity contribution >= 4 is 5.82 Å². The third-order valence-corrected chi connectivity index (χ3v) is 4.01. The third-order valence-electron chi connectivity index (χ3n) is 4.01. The molecule has 1 saturated carbocycles. The topological polar surface area (TPSA) is 49.2 Å². The maximum Gasteiger partial charge on any atom is 0.147 e. The number of rotatable bonds is 1. The van der Waals surface area contributed by atoms with E-state index in [1.807, 2.05) is 13.0 Å². The predicted molar refractivity (Wildman–Crippen MR) is 68.4 cm³/mol. The lowest BCUT2D eigenvalue weighted by Crippen LogP contribution is -2.49. The molecule has 0 bridgehead atoms. The van der Waals surface area contributed by atoms with E-state index in [-0.39, 0.29) is 0 Å². The van der Waals surface area contributed by atoms with Crippen LogP contribution in [0.2, 0.25) is 0 Å². The van der Waals surface area contributed by atoms with Gasteiger partial charge in [-0.15, -0.1) is 0 Å². The number of fused-ring (bicyclic) bond motifs is 1. The minimum atomic E-state index is 0.326. The van der Waals surface area contributed by atoms with Gasteiger partial charge in [0.05, 0.1) is 24.3 Å². The molecule has 1 aliphatic heterocycles. The van der Waals surface area contributed by atoms with Crippen LogP contribution in [-0.4, -0.2) is 30.3 Å². The number of nitrogens with zero attached hydrogens (tertiary/aromatic N) is 3. The van der Waals surface area contributed by atoms with Crippen LogP contribution in [0, 0.1) is 18.3 Å². The Kier molecular flexibility index (Phi) is 2.92. The second kappa shape index (κ2) is 4.58. The summed E-state index contributed by atoms with van der Waals surface area (Å²) in [6.07, 6.45) is 5.61. The van der Waals surface area contributed by atoms with Gasteiger partial charge in [-0.05, 0) is 37.8 Å². The van der Waals surface area contributed by atoms with Gasteiger partial charge in [0.25, 0.3) is 0 Å². The number of aryl methyl sites for hydroxylation is 1. The van der Waals surface area contributed by atoms with Crippen molar-refractivity contribution in [3.8, 4) is 6.07 Å². The normalized spacial score (nSPS) is 26.8. The van der Waals surface area contributed by atoms with Gasteiger partial charge in [-0.1, -0.05) is 0 Å². The maximum atomic E-state index is 9.32. The molecule has 2 aliphatic rings. The van der Waals surface area contributed by atoms with Gasteiger partial charge in [0.2, 0.25) is 0 Å². The molecule has 1 saturated heterocycles. The van der Waals surface area contributed by atoms with Crippen molar-refractivity contribution in [1.82, 2.24) is 4.98 Å². The monoisotopic (exact) mass is 243 g/mol. The molecule has 94 valence electrons. The molecular formula is C14H17N3O. The molecule has 4 heteroatoms. The SMILES string of the molecule is Cc1ccnc(N2CCOC3CCCC32)c1C#N. The van der Waals surface area contributed by atoms with Gasteiger partial charge in [0.1, 0.15) is 11.9 Å². The molecule has 1 aromatic rings. The highest BCUT2D eigenvalue weighted by Gasteiger charge is 2.37. The minimum absolute atomic E-state index is 0.326. The van der Waals surface area contributed by atoms with E-state index in [4.69, 9.17) is 4.74 Å². The van der Waals surface area contributed by atoms with E-state index < -0.39 is 0 Å². The first-order chi connectivity index (χ1) is 8.81. The summed E-state index contributed by atoms with van der Waals surface area (Å²) >= 11 is 0. The first kappa shape index (κ1) is 11.5. The molecule has 2 atom stereocenters. The van der Waals surface area contributed by atoms with E-state index in [1.54, 1.807) is 6.20 Å². The van der Waals surface area contributed by atoms with Gasteiger partial charge in [-0.25, -0.2) is 4.98 Å². The first-order valence-corrected chi connectivity index (χ1v) is 6.55. The molecule has 1 aromatic heterocycles. The average Bonchev–Trinajstić information content (AvgIpc) is 2.86. The number of pyridine rings is 1. The Labute approximate surface area is 107 Å². The summed E-state index contributed by atoms with van der Waals surface area (Å²) in [4.78, 5) is 6.73. The zero-order valence-electron chi connectivity index (χ0n) is 10.6. The second-order valence-electron chi connectivity index (χ2n) is 5.04. The Balaban J connectivity index is 1.99. The number of morpholine rings is 1. The van der Waals surface area contributed by atoms with Gasteiger partial charge < -0.3 is 9.64 Å². The Morgan fingerprint density at radius 2 is 2.39 bits per heavy atom. The molecule has 0 radical (unpaired) electrons. The van der Waals surface area contributed by atoms with Crippen LogP contribution < -0.4 is 4.90 Å². The number of anilines is 1. The van der Waals surface area contributed by atoms with Crippen molar-refractivity contribution in [2.75, 3.05) is 18.1 Å². The molecule has 0 spiro atoms. The van der Waals surface area contributed by atoms with Crippen molar-refractivity contribution in [1.29, 1.82) is 5.26 Å². The summed E-state index contributed by atoms with van der Waals surface area (Å²) < 4.78 is 5.80. The summed E-state index contributed by atoms with van der Waals surface area (Å²) in [5.41, 5.74) is 1.72. The van der Waals surface area contributed by atoms with Crippen LogP contribution in [0.15, 0.2) is 12.3 Å². The highest BCUT2D eigenvalue weighted by atomic mass is 16.5. The van der Waals surface area contributed by atoms with E-state index in [0.717, 1.165) is 37.4 Å². The number of ether oxygens (including phenoxy) is 1. The number of nitriles is 1. The van der Waals surface area contributed by atoms with E-state index in [9.17, 15) is 5.26 Å². The molecule has 1 aliphatic carbocycles. The van der Waals surface area contributed by atoms with Crippen molar-refractivity contribution < 1.29 is 4.74 Å². The summed E-state index contributed by atoms with van der Waals surface area (Å²) in [5.74, 6) is 0.845. The molecule has 3 rings (SSSR count). The minimum Gasteiger partial charge on any atom is -0.374 e. The molecule has 2 unspecified atom stereocenters. The Bertz CT molecular complexity index is 494. The average molecular weight is 243 g/mol. The lowest BCUT2D eigenvalue weighted by molar-refractivity contribution is 0.0253. The van der Waals surface area contributed by atoms with Crippen LogP contribution in [0.4, 0.5) is 5.82 Å². The molecule has 2 heterocycles. The van der Waals surface area contributed by atoms with Gasteiger partial charge in [0, 0.05) is 12.7 Å². The second-order valence-corrected chi connectivity index (χ2v) is 5.04. The fourth-order valence-electron chi connectivity index (χ4n) is 3.09. The smallest absolute Gasteiger partial charge is 0.147 e. The fourth-order valence-corrected chi connectivity index (χ4v) is 3.09. The van der Waals surface area contributed by atoms with Crippen LogP contribution in [0.1, 0.15) is 30.4 Å². The number of hydrogen-bond donors (Lipinski definition) is 0. The van der Waals surface area contributed by atoms with Crippen LogP contribution in [0.25, 0.3) is 0 Å². The van der Waals surface area contributed by atoms with Gasteiger partial charge in [0.15, 0.2) is 0 Å². The molecule has 0 N–H and O–H groups in total. The molecule has 18 heavy (non-hydrogen) atoms. The highest BCUT2D eigenvalue weighted by Crippen LogP contribution is 2.33. The van der Waals surface area contributed by atoms with E-state index in [1.165, 1.54) is 6.42 Å². The van der Waals surface area contributed by atoms with Gasteiger partial charge in [-0.3, -0.25) is 0 Å². The molecule has 2 fully saturated rings. The van der Waals surface area contributed by atoms with Crippen molar-refractivity contribution in [2.24, 2.45) is 0 Å². The van der Waals surface area contributed by atoms with E-state index in [2.05, 4.69) is 16.0 Å². The Hall–Kier alpha value is -1.60. The van der Waals surface area contributed by atoms with Crippen LogP contribution in [-0.2, 0) is 4.74 Å². The van der Waals surface area contributed by atoms with Gasteiger partial charge >= 0.3 is 0 Å². The zero-order valence-corrected chi connectivity index (χ0v) is 10.6. The van der Waals surface area contributed by atoms with Crippen LogP contribution in [0.5, 0.6) is 0 Å². The van der Waals surface area contributed by atoms with Crippen molar-refractivity contribution in [3.05, 3.63) is 23.4 Å². The fraction of sp³-hybridized carbons (Fsp3) is 0.571. The number of aromatic nitrogens is 1. The van der Waals surface area contributed by atoms with Crippen molar-refractivity contribution in [2.45, 2.75) is 38.3 Å². The first-order valence-electron chi connectivity index (χ1n) is 6.55. The molecular weight excluding hydrogens is 226 g/mol. The highest BCUT2D eigenvalue weighted by molar-refractivity contribution is 5.58. The Morgan fingerprint density at radius 1 is 1.50 bits per heavy atom. The standard InChI is InChI=1S/C14H17N3O/c1-10-5-6-16-14(11(10)9-15)17-7-8-18-13-4-2-3-12(13)17/h5-6,12-13H,2-4,7-8H2,1H3. The molecule has 4 nitrogen and oxygen atoms in total. The summed E-state index contributed by atoms with van der Waals surface area (Å²) in [6.45, 7) is 3.55. The van der Waals surface area contributed by atoms with Gasteiger partial charge in [-0.2, -0.15) is 5.26 Å². The molecule has 0 amide bonds. The zero-order chi connectivity index (χ0) is 12.5. The van der Waals surface area contributed by atoms with Crippen LogP contribution >= 0.6 is 0 Å². The van der Waals surface area contributed by atoms with Crippen molar-refractivity contribution in [3.63, 3.8) is 0 Å². The summed E-state index contributed by atoms with van der Waals surface area (Å²) in [6, 6.07) is 4.60. The predicted octanol–water partition coefficient (Wildman–Crippen LogP) is 2.02. The summed E-state index contributed by atoms with van der Waals surface area (Å²) in [5, 5.41) is 9.32. The van der Waals surface area contributed by atoms with E-state index >= 15 is 0 Å².